The molecule has 2 aromatic carbocycles. The number of ketones is 1. The predicted octanol–water partition coefficient (Wildman–Crippen LogP) is 5.17. The van der Waals surface area contributed by atoms with Gasteiger partial charge in [-0.3, -0.25) is 14.1 Å². The number of aliphatic hydroxyl groups excluding tert-OH is 1. The Morgan fingerprint density at radius 3 is 2.23 bits per heavy atom. The molecule has 232 valence electrons. The average Bonchev–Trinajstić information content (AvgIpc) is 2.94. The maximum Gasteiger partial charge on any atom is 0.430 e. The number of aliphatic hydroxyl groups is 2. The highest BCUT2D eigenvalue weighted by molar-refractivity contribution is 7.92. The SMILES string of the molecule is O=C(CC(CO)c1cccnc1)C[C@@H]1CCc2cc(C(O)(C(F)(F)F)C(F)(F)F)ccc2N1S(=O)(=O)c1ccc(F)cc1. The van der Waals surface area contributed by atoms with Crippen LogP contribution in [0.1, 0.15) is 41.9 Å². The topological polar surface area (TPSA) is 108 Å². The molecule has 0 saturated carbocycles. The van der Waals surface area contributed by atoms with Gasteiger partial charge in [0.25, 0.3) is 15.6 Å². The fourth-order valence-corrected chi connectivity index (χ4v) is 6.82. The van der Waals surface area contributed by atoms with E-state index in [9.17, 15) is 54.2 Å². The zero-order valence-electron chi connectivity index (χ0n) is 22.1. The second-order valence-corrected chi connectivity index (χ2v) is 11.9. The van der Waals surface area contributed by atoms with Crippen molar-refractivity contribution < 1.29 is 54.2 Å². The van der Waals surface area contributed by atoms with Crippen molar-refractivity contribution in [2.24, 2.45) is 0 Å². The number of Topliss-reactive ketones (excluding diaryl/α,β-unsaturated/α-hetero) is 1. The lowest BCUT2D eigenvalue weighted by Gasteiger charge is -2.39. The number of aryl methyl sites for hydroxylation is 1. The van der Waals surface area contributed by atoms with Crippen LogP contribution >= 0.6 is 0 Å². The molecule has 15 heteroatoms. The van der Waals surface area contributed by atoms with Gasteiger partial charge in [0, 0.05) is 36.7 Å². The Morgan fingerprint density at radius 2 is 1.67 bits per heavy atom. The van der Waals surface area contributed by atoms with E-state index in [2.05, 4.69) is 4.98 Å². The van der Waals surface area contributed by atoms with E-state index in [1.165, 1.54) is 12.4 Å². The number of fused-ring (bicyclic) bond motifs is 1. The maximum atomic E-state index is 13.8. The van der Waals surface area contributed by atoms with E-state index in [-0.39, 0.29) is 30.5 Å². The second-order valence-electron chi connectivity index (χ2n) is 10.1. The van der Waals surface area contributed by atoms with Crippen LogP contribution in [-0.4, -0.2) is 54.4 Å². The summed E-state index contributed by atoms with van der Waals surface area (Å²) >= 11 is 0. The van der Waals surface area contributed by atoms with Crippen LogP contribution in [0.3, 0.4) is 0 Å². The third kappa shape index (κ3) is 6.24. The molecule has 1 aliphatic rings. The summed E-state index contributed by atoms with van der Waals surface area (Å²) in [6, 6.07) is 7.20. The summed E-state index contributed by atoms with van der Waals surface area (Å²) in [5.41, 5.74) is -6.77. The molecule has 0 amide bonds. The van der Waals surface area contributed by atoms with Crippen molar-refractivity contribution >= 4 is 21.5 Å². The van der Waals surface area contributed by atoms with Gasteiger partial charge in [0.15, 0.2) is 0 Å². The zero-order chi connectivity index (χ0) is 31.8. The molecule has 0 spiro atoms. The molecule has 7 nitrogen and oxygen atoms in total. The second kappa shape index (κ2) is 11.8. The van der Waals surface area contributed by atoms with Crippen molar-refractivity contribution in [3.05, 3.63) is 89.5 Å². The molecule has 1 aliphatic heterocycles. The van der Waals surface area contributed by atoms with Crippen LogP contribution in [-0.2, 0) is 26.8 Å². The molecule has 0 aliphatic carbocycles. The number of benzene rings is 2. The van der Waals surface area contributed by atoms with Gasteiger partial charge in [0.1, 0.15) is 11.6 Å². The first kappa shape index (κ1) is 32.4. The normalized spacial score (nSPS) is 17.0. The molecular weight excluding hydrogens is 609 g/mol. The highest BCUT2D eigenvalue weighted by Crippen LogP contribution is 2.51. The Kier molecular flexibility index (Phi) is 8.91. The summed E-state index contributed by atoms with van der Waals surface area (Å²) in [5, 5.41) is 19.7. The number of aromatic nitrogens is 1. The van der Waals surface area contributed by atoms with Gasteiger partial charge in [-0.05, 0) is 60.4 Å². The Labute approximate surface area is 241 Å². The van der Waals surface area contributed by atoms with Crippen molar-refractivity contribution in [1.29, 1.82) is 0 Å². The molecule has 2 heterocycles. The van der Waals surface area contributed by atoms with Crippen molar-refractivity contribution in [3.8, 4) is 0 Å². The lowest BCUT2D eigenvalue weighted by Crippen LogP contribution is -2.54. The molecule has 3 aromatic rings. The van der Waals surface area contributed by atoms with E-state index in [0.29, 0.717) is 17.7 Å². The number of rotatable bonds is 9. The van der Waals surface area contributed by atoms with Gasteiger partial charge in [-0.15, -0.1) is 0 Å². The van der Waals surface area contributed by atoms with Crippen molar-refractivity contribution in [2.45, 2.75) is 60.5 Å². The minimum atomic E-state index is -6.15. The number of sulfonamides is 1. The third-order valence-corrected chi connectivity index (χ3v) is 9.20. The standard InChI is InChI=1S/C28H25F7N2O5S/c29-21-5-8-24(9-6-21)43(41,42)37-22(14-23(39)13-19(16-38)18-2-1-11-36-15-18)7-3-17-12-20(4-10-25(17)37)26(40,27(30,31)32)28(33,34)35/h1-2,4-6,8-12,15,19,22,38,40H,3,7,13-14,16H2/t19?,22-/m0/s1. The van der Waals surface area contributed by atoms with Crippen LogP contribution in [0.15, 0.2) is 71.9 Å². The first-order valence-electron chi connectivity index (χ1n) is 12.8. The number of nitrogens with zero attached hydrogens (tertiary/aromatic N) is 2. The molecule has 2 N–H and O–H groups in total. The van der Waals surface area contributed by atoms with E-state index in [1.807, 2.05) is 0 Å². The van der Waals surface area contributed by atoms with Gasteiger partial charge in [-0.1, -0.05) is 18.2 Å². The minimum absolute atomic E-state index is 0.185. The average molecular weight is 635 g/mol. The van der Waals surface area contributed by atoms with Crippen LogP contribution in [0.4, 0.5) is 36.4 Å². The lowest BCUT2D eigenvalue weighted by molar-refractivity contribution is -0.376. The Balaban J connectivity index is 1.76. The summed E-state index contributed by atoms with van der Waals surface area (Å²) in [7, 11) is -4.63. The number of hydrogen-bond donors (Lipinski definition) is 2. The number of alkyl halides is 6. The van der Waals surface area contributed by atoms with E-state index in [1.54, 1.807) is 12.1 Å². The molecule has 43 heavy (non-hydrogen) atoms. The molecule has 0 saturated heterocycles. The smallest absolute Gasteiger partial charge is 0.396 e. The monoisotopic (exact) mass is 634 g/mol. The van der Waals surface area contributed by atoms with E-state index < -0.39 is 75.0 Å². The number of pyridine rings is 1. The number of carbonyl (C=O) groups excluding carboxylic acids is 1. The molecule has 2 atom stereocenters. The van der Waals surface area contributed by atoms with Crippen LogP contribution in [0, 0.1) is 5.82 Å². The number of carbonyl (C=O) groups is 1. The van der Waals surface area contributed by atoms with Crippen LogP contribution in [0.5, 0.6) is 0 Å². The van der Waals surface area contributed by atoms with E-state index >= 15 is 0 Å². The summed E-state index contributed by atoms with van der Waals surface area (Å²) in [4.78, 5) is 16.6. The first-order chi connectivity index (χ1) is 20.0. The highest BCUT2D eigenvalue weighted by atomic mass is 32.2. The molecule has 0 fully saturated rings. The largest absolute Gasteiger partial charge is 0.430 e. The summed E-state index contributed by atoms with van der Waals surface area (Å²) in [6.45, 7) is -0.424. The predicted molar refractivity (Wildman–Crippen MR) is 139 cm³/mol. The van der Waals surface area contributed by atoms with Crippen molar-refractivity contribution in [3.63, 3.8) is 0 Å². The summed E-state index contributed by atoms with van der Waals surface area (Å²) in [6.07, 6.45) is -10.4. The van der Waals surface area contributed by atoms with Gasteiger partial charge < -0.3 is 10.2 Å². The molecule has 1 aromatic heterocycles. The molecule has 0 bridgehead atoms. The number of hydrogen-bond acceptors (Lipinski definition) is 6. The molecule has 1 unspecified atom stereocenters. The maximum absolute atomic E-state index is 13.8. The van der Waals surface area contributed by atoms with Gasteiger partial charge in [-0.2, -0.15) is 26.3 Å². The summed E-state index contributed by atoms with van der Waals surface area (Å²) in [5.74, 6) is -1.90. The zero-order valence-corrected chi connectivity index (χ0v) is 22.9. The highest BCUT2D eigenvalue weighted by Gasteiger charge is 2.71. The Hall–Kier alpha value is -3.56. The van der Waals surface area contributed by atoms with Gasteiger partial charge in [-0.25, -0.2) is 12.8 Å². The lowest BCUT2D eigenvalue weighted by atomic mass is 9.86. The quantitative estimate of drug-likeness (QED) is 0.315. The van der Waals surface area contributed by atoms with Gasteiger partial charge >= 0.3 is 12.4 Å². The van der Waals surface area contributed by atoms with Crippen LogP contribution in [0.2, 0.25) is 0 Å². The fraction of sp³-hybridized carbons (Fsp3) is 0.357. The molecule has 0 radical (unpaired) electrons. The van der Waals surface area contributed by atoms with Crippen molar-refractivity contribution in [2.75, 3.05) is 10.9 Å². The minimum Gasteiger partial charge on any atom is -0.396 e. The Morgan fingerprint density at radius 1 is 1.02 bits per heavy atom. The van der Waals surface area contributed by atoms with E-state index in [0.717, 1.165) is 34.6 Å². The Bertz CT molecular complexity index is 1550. The van der Waals surface area contributed by atoms with Crippen LogP contribution < -0.4 is 4.31 Å². The summed E-state index contributed by atoms with van der Waals surface area (Å²) < 4.78 is 123. The fourth-order valence-electron chi connectivity index (χ4n) is 5.11. The number of anilines is 1. The molecule has 4 rings (SSSR count). The third-order valence-electron chi connectivity index (χ3n) is 7.32. The molecular formula is C28H25F7N2O5S. The first-order valence-corrected chi connectivity index (χ1v) is 14.3. The number of halogens is 7. The van der Waals surface area contributed by atoms with Gasteiger partial charge in [0.05, 0.1) is 23.2 Å². The van der Waals surface area contributed by atoms with Gasteiger partial charge in [0.2, 0.25) is 0 Å². The van der Waals surface area contributed by atoms with Crippen LogP contribution in [0.25, 0.3) is 0 Å². The van der Waals surface area contributed by atoms with E-state index in [4.69, 9.17) is 0 Å². The van der Waals surface area contributed by atoms with Crippen molar-refractivity contribution in [1.82, 2.24) is 4.98 Å².